The molecule has 1 aromatic heterocycles. The van der Waals surface area contributed by atoms with Crippen LogP contribution in [0, 0.1) is 6.92 Å². The zero-order valence-corrected chi connectivity index (χ0v) is 9.29. The Morgan fingerprint density at radius 3 is 2.93 bits per heavy atom. The molecule has 0 aliphatic rings. The Bertz CT molecular complexity index is 289. The first-order valence-electron chi connectivity index (χ1n) is 4.66. The van der Waals surface area contributed by atoms with Crippen molar-refractivity contribution in [3.63, 3.8) is 0 Å². The normalized spacial score (nSPS) is 10.3. The molecule has 0 saturated heterocycles. The minimum atomic E-state index is 0.0401. The van der Waals surface area contributed by atoms with Crippen molar-refractivity contribution < 1.29 is 9.84 Å². The van der Waals surface area contributed by atoms with Gasteiger partial charge in [0, 0.05) is 12.6 Å². The van der Waals surface area contributed by atoms with Crippen molar-refractivity contribution >= 4 is 17.4 Å². The van der Waals surface area contributed by atoms with E-state index in [0.717, 1.165) is 0 Å². The highest BCUT2D eigenvalue weighted by Crippen LogP contribution is 2.10. The molecule has 0 radical (unpaired) electrons. The van der Waals surface area contributed by atoms with Crippen LogP contribution < -0.4 is 5.32 Å². The third-order valence-corrected chi connectivity index (χ3v) is 1.79. The molecule has 15 heavy (non-hydrogen) atoms. The van der Waals surface area contributed by atoms with E-state index in [2.05, 4.69) is 15.3 Å². The Balaban J connectivity index is 2.31. The molecule has 1 heterocycles. The molecule has 2 N–H and O–H groups in total. The third kappa shape index (κ3) is 4.92. The van der Waals surface area contributed by atoms with Crippen LogP contribution in [0.4, 0.5) is 5.82 Å². The van der Waals surface area contributed by atoms with Gasteiger partial charge in [-0.2, -0.15) is 0 Å². The first kappa shape index (κ1) is 12.2. The summed E-state index contributed by atoms with van der Waals surface area (Å²) in [5.74, 6) is 1.31. The summed E-state index contributed by atoms with van der Waals surface area (Å²) in [6.45, 7) is 3.30. The highest BCUT2D eigenvalue weighted by atomic mass is 35.5. The molecule has 0 saturated carbocycles. The molecule has 5 nitrogen and oxygen atoms in total. The molecule has 1 rings (SSSR count). The van der Waals surface area contributed by atoms with Crippen LogP contribution in [0.5, 0.6) is 0 Å². The number of hydrogen-bond acceptors (Lipinski definition) is 5. The van der Waals surface area contributed by atoms with Crippen LogP contribution in [0.1, 0.15) is 5.82 Å². The number of aromatic nitrogens is 2. The molecule has 6 heteroatoms. The van der Waals surface area contributed by atoms with Crippen molar-refractivity contribution in [1.29, 1.82) is 0 Å². The van der Waals surface area contributed by atoms with Crippen molar-refractivity contribution in [2.75, 3.05) is 31.7 Å². The molecule has 1 aromatic rings. The van der Waals surface area contributed by atoms with E-state index < -0.39 is 0 Å². The van der Waals surface area contributed by atoms with Crippen molar-refractivity contribution in [3.8, 4) is 0 Å². The summed E-state index contributed by atoms with van der Waals surface area (Å²) in [7, 11) is 0. The van der Waals surface area contributed by atoms with Gasteiger partial charge in [0.2, 0.25) is 0 Å². The summed E-state index contributed by atoms with van der Waals surface area (Å²) >= 11 is 5.76. The highest BCUT2D eigenvalue weighted by molar-refractivity contribution is 6.29. The molecule has 84 valence electrons. The van der Waals surface area contributed by atoms with Gasteiger partial charge in [-0.05, 0) is 6.92 Å². The van der Waals surface area contributed by atoms with Gasteiger partial charge in [-0.25, -0.2) is 9.97 Å². The summed E-state index contributed by atoms with van der Waals surface area (Å²) in [6, 6.07) is 1.65. The number of ether oxygens (including phenoxy) is 1. The molecular formula is C9H14ClN3O2. The Labute approximate surface area is 93.5 Å². The number of nitrogens with one attached hydrogen (secondary N) is 1. The molecule has 0 bridgehead atoms. The Kier molecular flexibility index (Phi) is 5.31. The van der Waals surface area contributed by atoms with Crippen molar-refractivity contribution in [1.82, 2.24) is 9.97 Å². The van der Waals surface area contributed by atoms with Crippen molar-refractivity contribution in [3.05, 3.63) is 17.0 Å². The molecular weight excluding hydrogens is 218 g/mol. The van der Waals surface area contributed by atoms with Gasteiger partial charge >= 0.3 is 0 Å². The number of hydrogen-bond donors (Lipinski definition) is 2. The van der Waals surface area contributed by atoms with Crippen LogP contribution in [0.25, 0.3) is 0 Å². The highest BCUT2D eigenvalue weighted by Gasteiger charge is 1.98. The molecule has 0 unspecified atom stereocenters. The predicted molar refractivity (Wildman–Crippen MR) is 58.2 cm³/mol. The van der Waals surface area contributed by atoms with Gasteiger partial charge in [-0.15, -0.1) is 0 Å². The first-order chi connectivity index (χ1) is 7.22. The number of aliphatic hydroxyl groups is 1. The van der Waals surface area contributed by atoms with E-state index in [0.29, 0.717) is 36.6 Å². The maximum Gasteiger partial charge on any atom is 0.134 e. The Morgan fingerprint density at radius 2 is 2.27 bits per heavy atom. The molecule has 0 aliphatic carbocycles. The van der Waals surface area contributed by atoms with Crippen LogP contribution in [-0.2, 0) is 4.74 Å². The number of rotatable bonds is 6. The number of aryl methyl sites for hydroxylation is 1. The van der Waals surface area contributed by atoms with E-state index in [1.807, 2.05) is 0 Å². The van der Waals surface area contributed by atoms with Gasteiger partial charge < -0.3 is 15.2 Å². The fourth-order valence-electron chi connectivity index (χ4n) is 1.04. The second kappa shape index (κ2) is 6.55. The lowest BCUT2D eigenvalue weighted by molar-refractivity contribution is 0.0992. The van der Waals surface area contributed by atoms with E-state index >= 15 is 0 Å². The van der Waals surface area contributed by atoms with E-state index in [-0.39, 0.29) is 6.61 Å². The fraction of sp³-hybridized carbons (Fsp3) is 0.556. The number of halogens is 1. The van der Waals surface area contributed by atoms with E-state index in [9.17, 15) is 0 Å². The quantitative estimate of drug-likeness (QED) is 0.562. The number of aliphatic hydroxyl groups excluding tert-OH is 1. The van der Waals surface area contributed by atoms with Crippen molar-refractivity contribution in [2.45, 2.75) is 6.92 Å². The summed E-state index contributed by atoms with van der Waals surface area (Å²) in [6.07, 6.45) is 0. The van der Waals surface area contributed by atoms with Gasteiger partial charge in [0.25, 0.3) is 0 Å². The largest absolute Gasteiger partial charge is 0.394 e. The zero-order valence-electron chi connectivity index (χ0n) is 8.53. The standard InChI is InChI=1S/C9H14ClN3O2/c1-7-12-8(10)6-9(13-7)11-2-4-15-5-3-14/h6,14H,2-5H2,1H3,(H,11,12,13). The van der Waals surface area contributed by atoms with Gasteiger partial charge in [0.15, 0.2) is 0 Å². The molecule has 0 aromatic carbocycles. The number of nitrogens with zero attached hydrogens (tertiary/aromatic N) is 2. The first-order valence-corrected chi connectivity index (χ1v) is 5.04. The topological polar surface area (TPSA) is 67.3 Å². The maximum absolute atomic E-state index is 8.47. The summed E-state index contributed by atoms with van der Waals surface area (Å²) in [4.78, 5) is 8.08. The van der Waals surface area contributed by atoms with Crippen LogP contribution in [0.2, 0.25) is 5.15 Å². The molecule has 0 fully saturated rings. The van der Waals surface area contributed by atoms with Gasteiger partial charge in [0.05, 0.1) is 19.8 Å². The summed E-state index contributed by atoms with van der Waals surface area (Å²) in [5.41, 5.74) is 0. The second-order valence-electron chi connectivity index (χ2n) is 2.89. The van der Waals surface area contributed by atoms with Gasteiger partial charge in [-0.1, -0.05) is 11.6 Å². The molecule has 0 atom stereocenters. The van der Waals surface area contributed by atoms with Crippen LogP contribution in [0.3, 0.4) is 0 Å². The van der Waals surface area contributed by atoms with Crippen LogP contribution >= 0.6 is 11.6 Å². The SMILES string of the molecule is Cc1nc(Cl)cc(NCCOCCO)n1. The van der Waals surface area contributed by atoms with E-state index in [1.165, 1.54) is 0 Å². The molecule has 0 spiro atoms. The average Bonchev–Trinajstić information content (AvgIpc) is 2.16. The van der Waals surface area contributed by atoms with E-state index in [1.54, 1.807) is 13.0 Å². The average molecular weight is 232 g/mol. The Morgan fingerprint density at radius 1 is 1.47 bits per heavy atom. The van der Waals surface area contributed by atoms with Gasteiger partial charge in [-0.3, -0.25) is 0 Å². The third-order valence-electron chi connectivity index (χ3n) is 1.59. The van der Waals surface area contributed by atoms with Crippen LogP contribution in [-0.4, -0.2) is 41.4 Å². The fourth-order valence-corrected chi connectivity index (χ4v) is 1.27. The lowest BCUT2D eigenvalue weighted by Crippen LogP contribution is -2.12. The minimum Gasteiger partial charge on any atom is -0.394 e. The monoisotopic (exact) mass is 231 g/mol. The van der Waals surface area contributed by atoms with Crippen LogP contribution in [0.15, 0.2) is 6.07 Å². The molecule has 0 amide bonds. The van der Waals surface area contributed by atoms with Gasteiger partial charge in [0.1, 0.15) is 16.8 Å². The smallest absolute Gasteiger partial charge is 0.134 e. The minimum absolute atomic E-state index is 0.0401. The zero-order chi connectivity index (χ0) is 11.1. The lowest BCUT2D eigenvalue weighted by Gasteiger charge is -2.06. The summed E-state index contributed by atoms with van der Waals surface area (Å²) in [5, 5.41) is 11.9. The summed E-state index contributed by atoms with van der Waals surface area (Å²) < 4.78 is 5.08. The Hall–Kier alpha value is -0.910. The second-order valence-corrected chi connectivity index (χ2v) is 3.27. The van der Waals surface area contributed by atoms with E-state index in [4.69, 9.17) is 21.4 Å². The predicted octanol–water partition coefficient (Wildman–Crippen LogP) is 0.859. The molecule has 0 aliphatic heterocycles. The number of anilines is 1. The maximum atomic E-state index is 8.47. The van der Waals surface area contributed by atoms with Crippen molar-refractivity contribution in [2.24, 2.45) is 0 Å². The lowest BCUT2D eigenvalue weighted by atomic mass is 10.5.